The molecule has 3 atom stereocenters. The number of fused-ring (bicyclic) bond motifs is 1. The van der Waals surface area contributed by atoms with Gasteiger partial charge in [0.05, 0.1) is 23.6 Å². The lowest BCUT2D eigenvalue weighted by atomic mass is 9.82. The third-order valence-corrected chi connectivity index (χ3v) is 5.86. The smallest absolute Gasteiger partial charge is 0.251 e. The summed E-state index contributed by atoms with van der Waals surface area (Å²) in [4.78, 5) is 39.4. The van der Waals surface area contributed by atoms with Gasteiger partial charge in [0.2, 0.25) is 11.8 Å². The Labute approximate surface area is 170 Å². The van der Waals surface area contributed by atoms with Crippen molar-refractivity contribution >= 4 is 23.4 Å². The molecule has 1 N–H and O–H groups in total. The molecule has 0 radical (unpaired) electrons. The van der Waals surface area contributed by atoms with Gasteiger partial charge in [0.1, 0.15) is 0 Å². The normalized spacial score (nSPS) is 22.1. The van der Waals surface area contributed by atoms with Crippen LogP contribution in [0.4, 0.5) is 5.69 Å². The number of amides is 3. The minimum atomic E-state index is -0.263. The number of anilines is 1. The maximum absolute atomic E-state index is 12.8. The molecule has 3 amide bonds. The van der Waals surface area contributed by atoms with Crippen molar-refractivity contribution < 1.29 is 14.4 Å². The predicted octanol–water partition coefficient (Wildman–Crippen LogP) is 4.02. The van der Waals surface area contributed by atoms with Crippen LogP contribution < -0.4 is 10.2 Å². The fraction of sp³-hybridized carbons (Fsp3) is 0.292. The quantitative estimate of drug-likeness (QED) is 0.635. The van der Waals surface area contributed by atoms with Crippen molar-refractivity contribution in [3.05, 3.63) is 77.4 Å². The number of hydrogen-bond acceptors (Lipinski definition) is 3. The predicted molar refractivity (Wildman–Crippen MR) is 111 cm³/mol. The topological polar surface area (TPSA) is 66.5 Å². The molecule has 4 rings (SSSR count). The number of carbonyl (C=O) groups excluding carboxylic acids is 3. The molecule has 1 fully saturated rings. The van der Waals surface area contributed by atoms with Crippen LogP contribution in [0, 0.1) is 11.8 Å². The van der Waals surface area contributed by atoms with E-state index in [4.69, 9.17) is 0 Å². The average Bonchev–Trinajstić information content (AvgIpc) is 2.98. The molecule has 5 nitrogen and oxygen atoms in total. The largest absolute Gasteiger partial charge is 0.346 e. The van der Waals surface area contributed by atoms with Gasteiger partial charge in [0, 0.05) is 5.56 Å². The van der Waals surface area contributed by atoms with Crippen molar-refractivity contribution in [2.45, 2.75) is 32.7 Å². The van der Waals surface area contributed by atoms with Crippen molar-refractivity contribution in [2.24, 2.45) is 11.8 Å². The molecule has 2 aromatic carbocycles. The van der Waals surface area contributed by atoms with Gasteiger partial charge in [-0.3, -0.25) is 19.3 Å². The summed E-state index contributed by atoms with van der Waals surface area (Å²) in [5, 5.41) is 2.97. The van der Waals surface area contributed by atoms with Crippen LogP contribution in [0.5, 0.6) is 0 Å². The first-order valence-electron chi connectivity index (χ1n) is 9.95. The molecule has 2 aliphatic rings. The van der Waals surface area contributed by atoms with Gasteiger partial charge in [0.15, 0.2) is 0 Å². The summed E-state index contributed by atoms with van der Waals surface area (Å²) < 4.78 is 0. The van der Waals surface area contributed by atoms with E-state index in [0.29, 0.717) is 24.1 Å². The zero-order valence-electron chi connectivity index (χ0n) is 16.6. The first-order valence-corrected chi connectivity index (χ1v) is 9.95. The third-order valence-electron chi connectivity index (χ3n) is 5.86. The minimum Gasteiger partial charge on any atom is -0.346 e. The number of allylic oxidation sites excluding steroid dienone is 2. The lowest BCUT2D eigenvalue weighted by Gasteiger charge is -2.18. The molecule has 2 aromatic rings. The number of benzene rings is 2. The first kappa shape index (κ1) is 19.1. The highest BCUT2D eigenvalue weighted by molar-refractivity contribution is 6.22. The van der Waals surface area contributed by atoms with Crippen LogP contribution in [0.3, 0.4) is 0 Å². The summed E-state index contributed by atoms with van der Waals surface area (Å²) in [5.74, 6) is -0.996. The standard InChI is InChI=1S/C24H24N2O3/c1-15-8-13-20-21(14-15)24(29)26(23(20)28)19-11-9-18(10-12-19)22(27)25-16(2)17-6-4-3-5-7-17/h3-12,16,20-21H,13-14H2,1-2H3,(H,25,27)/t16-,20-,21-/m0/s1. The van der Waals surface area contributed by atoms with Crippen molar-refractivity contribution in [1.29, 1.82) is 0 Å². The fourth-order valence-electron chi connectivity index (χ4n) is 4.16. The Bertz CT molecular complexity index is 979. The van der Waals surface area contributed by atoms with Crippen LogP contribution in [0.15, 0.2) is 66.2 Å². The second kappa shape index (κ2) is 7.66. The number of carbonyl (C=O) groups is 3. The van der Waals surface area contributed by atoms with Gasteiger partial charge >= 0.3 is 0 Å². The van der Waals surface area contributed by atoms with E-state index in [9.17, 15) is 14.4 Å². The van der Waals surface area contributed by atoms with E-state index >= 15 is 0 Å². The molecule has 0 unspecified atom stereocenters. The van der Waals surface area contributed by atoms with Crippen molar-refractivity contribution in [3.63, 3.8) is 0 Å². The first-order chi connectivity index (χ1) is 14.0. The SMILES string of the molecule is CC1=CC[C@@H]2C(=O)N(c3ccc(C(=O)N[C@@H](C)c4ccccc4)cc3)C(=O)[C@H]2C1. The molecule has 0 aromatic heterocycles. The molecule has 1 saturated heterocycles. The average molecular weight is 388 g/mol. The molecule has 148 valence electrons. The fourth-order valence-corrected chi connectivity index (χ4v) is 4.16. The van der Waals surface area contributed by atoms with Crippen molar-refractivity contribution in [1.82, 2.24) is 5.32 Å². The lowest BCUT2D eigenvalue weighted by Crippen LogP contribution is -2.31. The van der Waals surface area contributed by atoms with Crippen LogP contribution in [0.2, 0.25) is 0 Å². The highest BCUT2D eigenvalue weighted by Crippen LogP contribution is 2.39. The summed E-state index contributed by atoms with van der Waals surface area (Å²) in [5.41, 5.74) is 3.20. The second-order valence-electron chi connectivity index (χ2n) is 7.87. The number of hydrogen-bond donors (Lipinski definition) is 1. The Hall–Kier alpha value is -3.21. The molecule has 5 heteroatoms. The molecule has 1 heterocycles. The van der Waals surface area contributed by atoms with Crippen LogP contribution in [-0.2, 0) is 9.59 Å². The van der Waals surface area contributed by atoms with E-state index in [1.54, 1.807) is 24.3 Å². The molecule has 29 heavy (non-hydrogen) atoms. The summed E-state index contributed by atoms with van der Waals surface area (Å²) >= 11 is 0. The van der Waals surface area contributed by atoms with Crippen LogP contribution in [0.1, 0.15) is 48.7 Å². The zero-order valence-corrected chi connectivity index (χ0v) is 16.6. The molecule has 0 bridgehead atoms. The van der Waals surface area contributed by atoms with Gasteiger partial charge in [-0.25, -0.2) is 0 Å². The van der Waals surface area contributed by atoms with E-state index in [-0.39, 0.29) is 35.6 Å². The molecular formula is C24H24N2O3. The number of rotatable bonds is 4. The van der Waals surface area contributed by atoms with E-state index in [0.717, 1.165) is 11.1 Å². The van der Waals surface area contributed by atoms with E-state index in [1.165, 1.54) is 4.90 Å². The lowest BCUT2D eigenvalue weighted by molar-refractivity contribution is -0.122. The summed E-state index contributed by atoms with van der Waals surface area (Å²) in [7, 11) is 0. The van der Waals surface area contributed by atoms with Gasteiger partial charge in [-0.2, -0.15) is 0 Å². The van der Waals surface area contributed by atoms with E-state index < -0.39 is 0 Å². The maximum Gasteiger partial charge on any atom is 0.251 e. The highest BCUT2D eigenvalue weighted by Gasteiger charge is 2.48. The zero-order chi connectivity index (χ0) is 20.5. The Kier molecular flexibility index (Phi) is 5.05. The molecule has 0 saturated carbocycles. The maximum atomic E-state index is 12.8. The third kappa shape index (κ3) is 3.60. The van der Waals surface area contributed by atoms with Crippen molar-refractivity contribution in [3.8, 4) is 0 Å². The van der Waals surface area contributed by atoms with E-state index in [2.05, 4.69) is 11.4 Å². The van der Waals surface area contributed by atoms with Crippen LogP contribution in [0.25, 0.3) is 0 Å². The summed E-state index contributed by atoms with van der Waals surface area (Å²) in [6.07, 6.45) is 3.32. The Morgan fingerprint density at radius 3 is 2.34 bits per heavy atom. The number of imide groups is 1. The van der Waals surface area contributed by atoms with E-state index in [1.807, 2.05) is 44.2 Å². The molecule has 0 spiro atoms. The second-order valence-corrected chi connectivity index (χ2v) is 7.87. The molecule has 1 aliphatic heterocycles. The van der Waals surface area contributed by atoms with Gasteiger partial charge in [-0.05, 0) is 56.5 Å². The Balaban J connectivity index is 1.47. The van der Waals surface area contributed by atoms with Gasteiger partial charge in [-0.1, -0.05) is 42.0 Å². The Morgan fingerprint density at radius 1 is 1.00 bits per heavy atom. The van der Waals surface area contributed by atoms with Crippen LogP contribution >= 0.6 is 0 Å². The monoisotopic (exact) mass is 388 g/mol. The Morgan fingerprint density at radius 2 is 1.66 bits per heavy atom. The van der Waals surface area contributed by atoms with Gasteiger partial charge in [-0.15, -0.1) is 0 Å². The summed E-state index contributed by atoms with van der Waals surface area (Å²) in [6.45, 7) is 3.93. The van der Waals surface area contributed by atoms with Crippen molar-refractivity contribution in [2.75, 3.05) is 4.90 Å². The molecular weight excluding hydrogens is 364 g/mol. The number of nitrogens with zero attached hydrogens (tertiary/aromatic N) is 1. The van der Waals surface area contributed by atoms with Crippen LogP contribution in [-0.4, -0.2) is 17.7 Å². The van der Waals surface area contributed by atoms with Gasteiger partial charge in [0.25, 0.3) is 5.91 Å². The molecule has 1 aliphatic carbocycles. The minimum absolute atomic E-state index is 0.121. The number of nitrogens with one attached hydrogen (secondary N) is 1. The van der Waals surface area contributed by atoms with Gasteiger partial charge < -0.3 is 5.32 Å². The highest BCUT2D eigenvalue weighted by atomic mass is 16.2. The summed E-state index contributed by atoms with van der Waals surface area (Å²) in [6, 6.07) is 16.3.